The molecule has 0 saturated heterocycles. The predicted molar refractivity (Wildman–Crippen MR) is 71.6 cm³/mol. The van der Waals surface area contributed by atoms with Crippen LogP contribution in [0.5, 0.6) is 0 Å². The third-order valence-corrected chi connectivity index (χ3v) is 4.19. The smallest absolute Gasteiger partial charge is 0.224 e. The Morgan fingerprint density at radius 2 is 2.17 bits per heavy atom. The number of aromatic nitrogens is 4. The van der Waals surface area contributed by atoms with Crippen molar-refractivity contribution in [2.45, 2.75) is 45.1 Å². The first-order valence-electron chi connectivity index (χ1n) is 6.65. The lowest BCUT2D eigenvalue weighted by Crippen LogP contribution is -2.23. The van der Waals surface area contributed by atoms with Gasteiger partial charge in [0.05, 0.1) is 17.6 Å². The molecule has 0 N–H and O–H groups in total. The summed E-state index contributed by atoms with van der Waals surface area (Å²) in [6, 6.07) is 0.465. The minimum Gasteiger partial charge on any atom is -0.244 e. The first-order valence-corrected chi connectivity index (χ1v) is 7.03. The Kier molecular flexibility index (Phi) is 3.20. The average molecular weight is 265 g/mol. The fourth-order valence-corrected chi connectivity index (χ4v) is 3.17. The van der Waals surface area contributed by atoms with E-state index in [1.165, 1.54) is 32.1 Å². The summed E-state index contributed by atoms with van der Waals surface area (Å²) < 4.78 is 2.07. The second-order valence-electron chi connectivity index (χ2n) is 5.03. The lowest BCUT2D eigenvalue weighted by molar-refractivity contribution is 0.222. The zero-order chi connectivity index (χ0) is 12.5. The summed E-state index contributed by atoms with van der Waals surface area (Å²) in [6.45, 7) is 2.26. The second kappa shape index (κ2) is 4.84. The molecule has 0 aromatic carbocycles. The largest absolute Gasteiger partial charge is 0.244 e. The van der Waals surface area contributed by atoms with E-state index in [1.54, 1.807) is 6.20 Å². The molecule has 18 heavy (non-hydrogen) atoms. The van der Waals surface area contributed by atoms with Crippen molar-refractivity contribution in [3.8, 4) is 0 Å². The average Bonchev–Trinajstić information content (AvgIpc) is 2.81. The van der Waals surface area contributed by atoms with Gasteiger partial charge in [0, 0.05) is 6.20 Å². The Morgan fingerprint density at radius 1 is 1.33 bits per heavy atom. The van der Waals surface area contributed by atoms with Gasteiger partial charge in [-0.1, -0.05) is 26.2 Å². The van der Waals surface area contributed by atoms with Crippen molar-refractivity contribution in [2.24, 2.45) is 5.92 Å². The van der Waals surface area contributed by atoms with Crippen LogP contribution < -0.4 is 0 Å². The first-order chi connectivity index (χ1) is 8.79. The van der Waals surface area contributed by atoms with E-state index in [9.17, 15) is 0 Å². The van der Waals surface area contributed by atoms with E-state index >= 15 is 0 Å². The topological polar surface area (TPSA) is 43.6 Å². The monoisotopic (exact) mass is 264 g/mol. The minimum absolute atomic E-state index is 0.299. The van der Waals surface area contributed by atoms with Crippen LogP contribution in [0.3, 0.4) is 0 Å². The fourth-order valence-electron chi connectivity index (χ4n) is 3.04. The maximum absolute atomic E-state index is 5.89. The van der Waals surface area contributed by atoms with Gasteiger partial charge in [0.2, 0.25) is 5.28 Å². The van der Waals surface area contributed by atoms with Crippen LogP contribution in [-0.2, 0) is 0 Å². The molecule has 0 bridgehead atoms. The molecular formula is C13H17ClN4. The SMILES string of the molecule is CCC1CCCCC1n1ncc2cnc(Cl)nc21. The van der Waals surface area contributed by atoms with E-state index in [1.807, 2.05) is 6.20 Å². The van der Waals surface area contributed by atoms with E-state index in [2.05, 4.69) is 26.7 Å². The molecule has 4 nitrogen and oxygen atoms in total. The highest BCUT2D eigenvalue weighted by atomic mass is 35.5. The summed E-state index contributed by atoms with van der Waals surface area (Å²) in [7, 11) is 0. The van der Waals surface area contributed by atoms with Gasteiger partial charge >= 0.3 is 0 Å². The van der Waals surface area contributed by atoms with Crippen molar-refractivity contribution >= 4 is 22.6 Å². The van der Waals surface area contributed by atoms with Gasteiger partial charge in [0.1, 0.15) is 0 Å². The molecule has 3 rings (SSSR count). The Bertz CT molecular complexity index is 551. The van der Waals surface area contributed by atoms with Crippen molar-refractivity contribution in [3.05, 3.63) is 17.7 Å². The number of fused-ring (bicyclic) bond motifs is 1. The van der Waals surface area contributed by atoms with Gasteiger partial charge < -0.3 is 0 Å². The second-order valence-corrected chi connectivity index (χ2v) is 5.37. The van der Waals surface area contributed by atoms with Crippen molar-refractivity contribution in [1.29, 1.82) is 0 Å². The zero-order valence-corrected chi connectivity index (χ0v) is 11.3. The molecular weight excluding hydrogens is 248 g/mol. The van der Waals surface area contributed by atoms with E-state index in [0.29, 0.717) is 17.2 Å². The van der Waals surface area contributed by atoms with Gasteiger partial charge in [-0.15, -0.1) is 0 Å². The van der Waals surface area contributed by atoms with E-state index in [4.69, 9.17) is 11.6 Å². The molecule has 1 saturated carbocycles. The molecule has 1 aliphatic rings. The van der Waals surface area contributed by atoms with Gasteiger partial charge in [0.15, 0.2) is 5.65 Å². The van der Waals surface area contributed by atoms with Gasteiger partial charge in [-0.2, -0.15) is 10.1 Å². The number of hydrogen-bond donors (Lipinski definition) is 0. The van der Waals surface area contributed by atoms with Gasteiger partial charge in [0.25, 0.3) is 0 Å². The highest BCUT2D eigenvalue weighted by molar-refractivity contribution is 6.28. The third-order valence-electron chi connectivity index (χ3n) is 4.01. The molecule has 1 fully saturated rings. The fraction of sp³-hybridized carbons (Fsp3) is 0.615. The lowest BCUT2D eigenvalue weighted by Gasteiger charge is -2.31. The summed E-state index contributed by atoms with van der Waals surface area (Å²) in [5, 5.41) is 5.79. The number of rotatable bonds is 2. The van der Waals surface area contributed by atoms with Gasteiger partial charge in [-0.05, 0) is 30.4 Å². The normalized spacial score (nSPS) is 24.6. The van der Waals surface area contributed by atoms with Crippen molar-refractivity contribution < 1.29 is 0 Å². The highest BCUT2D eigenvalue weighted by Gasteiger charge is 2.27. The van der Waals surface area contributed by atoms with Crippen LogP contribution in [-0.4, -0.2) is 19.7 Å². The Labute approximate surface area is 111 Å². The zero-order valence-electron chi connectivity index (χ0n) is 10.5. The summed E-state index contributed by atoms with van der Waals surface area (Å²) in [6.07, 6.45) is 9.89. The van der Waals surface area contributed by atoms with E-state index in [-0.39, 0.29) is 0 Å². The summed E-state index contributed by atoms with van der Waals surface area (Å²) in [4.78, 5) is 8.34. The Hall–Kier alpha value is -1.16. The summed E-state index contributed by atoms with van der Waals surface area (Å²) in [5.74, 6) is 0.704. The Balaban J connectivity index is 2.04. The molecule has 2 aromatic rings. The van der Waals surface area contributed by atoms with Crippen molar-refractivity contribution in [3.63, 3.8) is 0 Å². The lowest BCUT2D eigenvalue weighted by atomic mass is 9.83. The molecule has 5 heteroatoms. The Morgan fingerprint density at radius 3 is 3.00 bits per heavy atom. The molecule has 2 atom stereocenters. The maximum Gasteiger partial charge on any atom is 0.224 e. The predicted octanol–water partition coefficient (Wildman–Crippen LogP) is 3.62. The molecule has 0 spiro atoms. The maximum atomic E-state index is 5.89. The number of hydrogen-bond acceptors (Lipinski definition) is 3. The molecule has 2 aromatic heterocycles. The number of nitrogens with zero attached hydrogens (tertiary/aromatic N) is 4. The molecule has 0 radical (unpaired) electrons. The van der Waals surface area contributed by atoms with Crippen LogP contribution in [0.1, 0.15) is 45.1 Å². The molecule has 2 heterocycles. The highest BCUT2D eigenvalue weighted by Crippen LogP contribution is 2.36. The van der Waals surface area contributed by atoms with E-state index in [0.717, 1.165) is 11.0 Å². The van der Waals surface area contributed by atoms with Crippen LogP contribution in [0.15, 0.2) is 12.4 Å². The van der Waals surface area contributed by atoms with E-state index < -0.39 is 0 Å². The molecule has 1 aliphatic carbocycles. The first kappa shape index (κ1) is 11.9. The summed E-state index contributed by atoms with van der Waals surface area (Å²) >= 11 is 5.89. The summed E-state index contributed by atoms with van der Waals surface area (Å²) in [5.41, 5.74) is 0.875. The van der Waals surface area contributed by atoms with Crippen LogP contribution in [0.25, 0.3) is 11.0 Å². The van der Waals surface area contributed by atoms with Crippen LogP contribution in [0, 0.1) is 5.92 Å². The van der Waals surface area contributed by atoms with Crippen molar-refractivity contribution in [2.75, 3.05) is 0 Å². The van der Waals surface area contributed by atoms with Gasteiger partial charge in [-0.3, -0.25) is 0 Å². The van der Waals surface area contributed by atoms with Crippen LogP contribution >= 0.6 is 11.6 Å². The molecule has 96 valence electrons. The molecule has 0 aliphatic heterocycles. The van der Waals surface area contributed by atoms with Crippen LogP contribution in [0.2, 0.25) is 5.28 Å². The van der Waals surface area contributed by atoms with Crippen LogP contribution in [0.4, 0.5) is 0 Å². The number of halogens is 1. The third kappa shape index (κ3) is 1.99. The molecule has 2 unspecified atom stereocenters. The minimum atomic E-state index is 0.299. The molecule has 0 amide bonds. The van der Waals surface area contributed by atoms with Crippen molar-refractivity contribution in [1.82, 2.24) is 19.7 Å². The van der Waals surface area contributed by atoms with Gasteiger partial charge in [-0.25, -0.2) is 9.67 Å². The standard InChI is InChI=1S/C13H17ClN4/c1-2-9-5-3-4-6-11(9)18-12-10(8-16-18)7-15-13(14)17-12/h7-9,11H,2-6H2,1H3. The quantitative estimate of drug-likeness (QED) is 0.778.